The molecule has 1 N–H and O–H groups in total. The Hall–Kier alpha value is -2.04. The molecule has 0 atom stereocenters. The van der Waals surface area contributed by atoms with Gasteiger partial charge in [0.05, 0.1) is 12.1 Å². The van der Waals surface area contributed by atoms with Crippen molar-refractivity contribution in [2.75, 3.05) is 18.6 Å². The van der Waals surface area contributed by atoms with E-state index in [0.717, 1.165) is 24.1 Å². The number of anilines is 1. The molecule has 0 spiro atoms. The lowest BCUT2D eigenvalue weighted by molar-refractivity contribution is -0.137. The van der Waals surface area contributed by atoms with Gasteiger partial charge in [-0.1, -0.05) is 12.1 Å². The number of hydrogen-bond acceptors (Lipinski definition) is 3. The minimum Gasteiger partial charge on any atom is -0.481 e. The van der Waals surface area contributed by atoms with Crippen LogP contribution >= 0.6 is 0 Å². The predicted molar refractivity (Wildman–Crippen MR) is 74.3 cm³/mol. The summed E-state index contributed by atoms with van der Waals surface area (Å²) in [5.74, 6) is -0.616. The normalized spacial score (nSPS) is 20.4. The second kappa shape index (κ2) is 4.51. The van der Waals surface area contributed by atoms with Crippen molar-refractivity contribution in [3.63, 3.8) is 0 Å². The van der Waals surface area contributed by atoms with Crippen LogP contribution in [-0.4, -0.2) is 35.6 Å². The fraction of sp³-hybridized carbons (Fsp3) is 0.467. The van der Waals surface area contributed by atoms with E-state index in [1.165, 1.54) is 0 Å². The highest BCUT2D eigenvalue weighted by Crippen LogP contribution is 2.51. The summed E-state index contributed by atoms with van der Waals surface area (Å²) in [5, 5.41) is 12.6. The molecule has 1 saturated heterocycles. The molecule has 3 rings (SSSR count). The SMILES string of the molecule is CN1C(=O)CCN1c1ccc(C2(CC(=O)O)CC2)cc1. The zero-order valence-corrected chi connectivity index (χ0v) is 11.5. The van der Waals surface area contributed by atoms with Crippen LogP contribution < -0.4 is 5.01 Å². The zero-order chi connectivity index (χ0) is 14.3. The van der Waals surface area contributed by atoms with Crippen LogP contribution in [0.2, 0.25) is 0 Å². The summed E-state index contributed by atoms with van der Waals surface area (Å²) < 4.78 is 0. The highest BCUT2D eigenvalue weighted by molar-refractivity contribution is 5.81. The van der Waals surface area contributed by atoms with Gasteiger partial charge in [-0.3, -0.25) is 19.6 Å². The summed E-state index contributed by atoms with van der Waals surface area (Å²) in [5.41, 5.74) is 1.92. The number of carbonyl (C=O) groups is 2. The van der Waals surface area contributed by atoms with E-state index in [-0.39, 0.29) is 17.7 Å². The van der Waals surface area contributed by atoms with Gasteiger partial charge in [-0.25, -0.2) is 0 Å². The third kappa shape index (κ3) is 2.13. The molecule has 1 aliphatic carbocycles. The molecule has 1 aromatic rings. The first-order chi connectivity index (χ1) is 9.52. The largest absolute Gasteiger partial charge is 0.481 e. The first-order valence-corrected chi connectivity index (χ1v) is 6.88. The molecule has 5 nitrogen and oxygen atoms in total. The summed E-state index contributed by atoms with van der Waals surface area (Å²) >= 11 is 0. The number of carboxylic acids is 1. The molecule has 1 aromatic carbocycles. The van der Waals surface area contributed by atoms with E-state index >= 15 is 0 Å². The third-order valence-corrected chi connectivity index (χ3v) is 4.38. The van der Waals surface area contributed by atoms with Gasteiger partial charge in [0, 0.05) is 25.4 Å². The van der Waals surface area contributed by atoms with Crippen LogP contribution in [0.1, 0.15) is 31.2 Å². The smallest absolute Gasteiger partial charge is 0.304 e. The van der Waals surface area contributed by atoms with Gasteiger partial charge in [-0.05, 0) is 30.5 Å². The lowest BCUT2D eigenvalue weighted by Gasteiger charge is -2.26. The Morgan fingerprint density at radius 3 is 2.40 bits per heavy atom. The number of aliphatic carboxylic acids is 1. The van der Waals surface area contributed by atoms with Crippen molar-refractivity contribution in [2.45, 2.75) is 31.1 Å². The van der Waals surface area contributed by atoms with Crippen molar-refractivity contribution >= 4 is 17.6 Å². The van der Waals surface area contributed by atoms with Crippen LogP contribution in [0.5, 0.6) is 0 Å². The molecule has 2 fully saturated rings. The molecule has 106 valence electrons. The Balaban J connectivity index is 1.79. The van der Waals surface area contributed by atoms with Crippen molar-refractivity contribution in [1.82, 2.24) is 5.01 Å². The van der Waals surface area contributed by atoms with E-state index in [2.05, 4.69) is 0 Å². The molecule has 1 saturated carbocycles. The maximum absolute atomic E-state index is 11.5. The highest BCUT2D eigenvalue weighted by atomic mass is 16.4. The maximum atomic E-state index is 11.5. The van der Waals surface area contributed by atoms with E-state index in [9.17, 15) is 9.59 Å². The summed E-state index contributed by atoms with van der Waals surface area (Å²) in [4.78, 5) is 22.5. The monoisotopic (exact) mass is 274 g/mol. The molecule has 0 radical (unpaired) electrons. The zero-order valence-electron chi connectivity index (χ0n) is 11.5. The van der Waals surface area contributed by atoms with Gasteiger partial charge < -0.3 is 5.11 Å². The number of benzene rings is 1. The number of carboxylic acid groups (broad SMARTS) is 1. The topological polar surface area (TPSA) is 60.9 Å². The minimum atomic E-state index is -0.739. The standard InChI is InChI=1S/C15H18N2O3/c1-16-13(18)6-9-17(16)12-4-2-11(3-5-12)15(7-8-15)10-14(19)20/h2-5H,6-10H2,1H3,(H,19,20). The summed E-state index contributed by atoms with van der Waals surface area (Å²) in [6.45, 7) is 0.703. The van der Waals surface area contributed by atoms with Gasteiger partial charge in [0.25, 0.3) is 0 Å². The molecule has 5 heteroatoms. The van der Waals surface area contributed by atoms with Gasteiger partial charge >= 0.3 is 5.97 Å². The van der Waals surface area contributed by atoms with Crippen molar-refractivity contribution in [3.05, 3.63) is 29.8 Å². The van der Waals surface area contributed by atoms with Crippen LogP contribution in [0.25, 0.3) is 0 Å². The average Bonchev–Trinajstić information content (AvgIpc) is 3.11. The van der Waals surface area contributed by atoms with Crippen LogP contribution in [-0.2, 0) is 15.0 Å². The molecule has 0 bridgehead atoms. The number of carbonyl (C=O) groups excluding carboxylic acids is 1. The van der Waals surface area contributed by atoms with Crippen molar-refractivity contribution in [2.24, 2.45) is 0 Å². The average molecular weight is 274 g/mol. The Morgan fingerprint density at radius 2 is 1.95 bits per heavy atom. The quantitative estimate of drug-likeness (QED) is 0.909. The van der Waals surface area contributed by atoms with Crippen molar-refractivity contribution in [3.8, 4) is 0 Å². The lowest BCUT2D eigenvalue weighted by atomic mass is 9.92. The molecular weight excluding hydrogens is 256 g/mol. The Morgan fingerprint density at radius 1 is 1.30 bits per heavy atom. The molecule has 1 aliphatic heterocycles. The maximum Gasteiger partial charge on any atom is 0.304 e. The molecule has 20 heavy (non-hydrogen) atoms. The molecule has 0 unspecified atom stereocenters. The Kier molecular flexibility index (Phi) is 2.92. The minimum absolute atomic E-state index is 0.124. The summed E-state index contributed by atoms with van der Waals surface area (Å²) in [6.07, 6.45) is 2.64. The van der Waals surface area contributed by atoms with Crippen LogP contribution in [0.3, 0.4) is 0 Å². The van der Waals surface area contributed by atoms with E-state index in [1.54, 1.807) is 12.1 Å². The van der Waals surface area contributed by atoms with E-state index < -0.39 is 5.97 Å². The Labute approximate surface area is 117 Å². The lowest BCUT2D eigenvalue weighted by Crippen LogP contribution is -2.35. The Bertz CT molecular complexity index is 549. The van der Waals surface area contributed by atoms with Gasteiger partial charge in [0.1, 0.15) is 0 Å². The summed E-state index contributed by atoms with van der Waals surface area (Å²) in [6, 6.07) is 7.96. The van der Waals surface area contributed by atoms with Crippen molar-refractivity contribution < 1.29 is 14.7 Å². The van der Waals surface area contributed by atoms with Gasteiger partial charge in [0.15, 0.2) is 0 Å². The van der Waals surface area contributed by atoms with Gasteiger partial charge in [-0.2, -0.15) is 0 Å². The van der Waals surface area contributed by atoms with E-state index in [0.29, 0.717) is 13.0 Å². The van der Waals surface area contributed by atoms with E-state index in [4.69, 9.17) is 5.11 Å². The predicted octanol–water partition coefficient (Wildman–Crippen LogP) is 1.78. The first-order valence-electron chi connectivity index (χ1n) is 6.88. The molecule has 1 amide bonds. The van der Waals surface area contributed by atoms with Crippen LogP contribution in [0.4, 0.5) is 5.69 Å². The van der Waals surface area contributed by atoms with Crippen LogP contribution in [0, 0.1) is 0 Å². The molecule has 0 aromatic heterocycles. The molecule has 2 aliphatic rings. The number of hydrogen-bond donors (Lipinski definition) is 1. The second-order valence-electron chi connectivity index (χ2n) is 5.69. The van der Waals surface area contributed by atoms with Gasteiger partial charge in [0.2, 0.25) is 5.91 Å². The second-order valence-corrected chi connectivity index (χ2v) is 5.69. The number of hydrazine groups is 1. The summed E-state index contributed by atoms with van der Waals surface area (Å²) in [7, 11) is 1.77. The van der Waals surface area contributed by atoms with Crippen LogP contribution in [0.15, 0.2) is 24.3 Å². The fourth-order valence-electron chi connectivity index (χ4n) is 2.95. The third-order valence-electron chi connectivity index (χ3n) is 4.38. The van der Waals surface area contributed by atoms with E-state index in [1.807, 2.05) is 29.3 Å². The number of nitrogens with zero attached hydrogens (tertiary/aromatic N) is 2. The fourth-order valence-corrected chi connectivity index (χ4v) is 2.95. The number of rotatable bonds is 4. The van der Waals surface area contributed by atoms with Crippen molar-refractivity contribution in [1.29, 1.82) is 0 Å². The molecule has 1 heterocycles. The first kappa shape index (κ1) is 13.0. The molecular formula is C15H18N2O3. The highest BCUT2D eigenvalue weighted by Gasteiger charge is 2.45. The van der Waals surface area contributed by atoms with Gasteiger partial charge in [-0.15, -0.1) is 0 Å². The number of amides is 1.